The summed E-state index contributed by atoms with van der Waals surface area (Å²) in [5.74, 6) is -0.119. The lowest BCUT2D eigenvalue weighted by Crippen LogP contribution is -2.22. The van der Waals surface area contributed by atoms with E-state index in [-0.39, 0.29) is 5.91 Å². The Hall–Kier alpha value is -2.20. The molecular weight excluding hydrogens is 268 g/mol. The average Bonchev–Trinajstić information content (AvgIpc) is 2.90. The minimum absolute atomic E-state index is 0.119. The van der Waals surface area contributed by atoms with Gasteiger partial charge in [0.15, 0.2) is 5.01 Å². The van der Waals surface area contributed by atoms with Gasteiger partial charge in [0.25, 0.3) is 5.91 Å². The van der Waals surface area contributed by atoms with Crippen LogP contribution in [0.15, 0.2) is 48.5 Å². The quantitative estimate of drug-likeness (QED) is 0.798. The Morgan fingerprint density at radius 1 is 1.15 bits per heavy atom. The Morgan fingerprint density at radius 2 is 1.90 bits per heavy atom. The number of thiazole rings is 1. The molecule has 0 aliphatic heterocycles. The van der Waals surface area contributed by atoms with Crippen LogP contribution >= 0.6 is 11.3 Å². The maximum absolute atomic E-state index is 12.1. The van der Waals surface area contributed by atoms with E-state index in [0.717, 1.165) is 15.8 Å². The normalized spacial score (nSPS) is 10.7. The predicted octanol–water partition coefficient (Wildman–Crippen LogP) is 3.53. The lowest BCUT2D eigenvalue weighted by Gasteiger charge is -2.03. The van der Waals surface area contributed by atoms with E-state index in [1.807, 2.05) is 55.5 Å². The number of aryl methyl sites for hydroxylation is 1. The van der Waals surface area contributed by atoms with Crippen LogP contribution in [0.3, 0.4) is 0 Å². The highest BCUT2D eigenvalue weighted by Crippen LogP contribution is 2.21. The monoisotopic (exact) mass is 282 g/mol. The molecular formula is C16H14N2OS. The van der Waals surface area contributed by atoms with Crippen LogP contribution < -0.4 is 5.32 Å². The molecule has 3 aromatic rings. The van der Waals surface area contributed by atoms with E-state index < -0.39 is 0 Å². The van der Waals surface area contributed by atoms with Gasteiger partial charge < -0.3 is 5.32 Å². The van der Waals surface area contributed by atoms with Crippen molar-refractivity contribution in [1.82, 2.24) is 10.3 Å². The number of hydrogen-bond donors (Lipinski definition) is 1. The molecule has 0 atom stereocenters. The van der Waals surface area contributed by atoms with Gasteiger partial charge >= 0.3 is 0 Å². The van der Waals surface area contributed by atoms with Crippen molar-refractivity contribution < 1.29 is 4.79 Å². The fourth-order valence-corrected chi connectivity index (χ4v) is 2.82. The number of nitrogens with one attached hydrogen (secondary N) is 1. The number of fused-ring (bicyclic) bond motifs is 1. The number of aromatic nitrogens is 1. The molecule has 0 bridgehead atoms. The minimum Gasteiger partial charge on any atom is -0.346 e. The highest BCUT2D eigenvalue weighted by Gasteiger charge is 2.11. The standard InChI is InChI=1S/C16H14N2OS/c1-11-6-8-12(9-7-11)10-17-15(19)16-18-13-4-2-3-5-14(13)20-16/h2-9H,10H2,1H3,(H,17,19). The van der Waals surface area contributed by atoms with Gasteiger partial charge in [0.2, 0.25) is 0 Å². The number of carbonyl (C=O) groups excluding carboxylic acids is 1. The zero-order valence-electron chi connectivity index (χ0n) is 11.1. The number of para-hydroxylation sites is 1. The summed E-state index contributed by atoms with van der Waals surface area (Å²) in [6.45, 7) is 2.57. The molecule has 0 fully saturated rings. The molecule has 1 amide bonds. The molecule has 20 heavy (non-hydrogen) atoms. The lowest BCUT2D eigenvalue weighted by atomic mass is 10.1. The molecule has 3 nitrogen and oxygen atoms in total. The zero-order valence-corrected chi connectivity index (χ0v) is 11.9. The van der Waals surface area contributed by atoms with Gasteiger partial charge in [-0.1, -0.05) is 42.0 Å². The second kappa shape index (κ2) is 5.43. The van der Waals surface area contributed by atoms with Crippen LogP contribution in [0.5, 0.6) is 0 Å². The summed E-state index contributed by atoms with van der Waals surface area (Å²) in [5, 5.41) is 3.42. The maximum Gasteiger partial charge on any atom is 0.280 e. The Morgan fingerprint density at radius 3 is 2.65 bits per heavy atom. The molecule has 0 aliphatic carbocycles. The number of amides is 1. The van der Waals surface area contributed by atoms with E-state index >= 15 is 0 Å². The average molecular weight is 282 g/mol. The molecule has 1 heterocycles. The number of nitrogens with zero attached hydrogens (tertiary/aromatic N) is 1. The molecule has 2 aromatic carbocycles. The van der Waals surface area contributed by atoms with Crippen molar-refractivity contribution >= 4 is 27.5 Å². The van der Waals surface area contributed by atoms with Crippen molar-refractivity contribution in [2.45, 2.75) is 13.5 Å². The van der Waals surface area contributed by atoms with Crippen molar-refractivity contribution in [3.8, 4) is 0 Å². The van der Waals surface area contributed by atoms with Gasteiger partial charge in [-0.3, -0.25) is 4.79 Å². The van der Waals surface area contributed by atoms with Crippen molar-refractivity contribution in [2.24, 2.45) is 0 Å². The van der Waals surface area contributed by atoms with Crippen molar-refractivity contribution in [1.29, 1.82) is 0 Å². The van der Waals surface area contributed by atoms with E-state index in [2.05, 4.69) is 10.3 Å². The molecule has 1 N–H and O–H groups in total. The fraction of sp³-hybridized carbons (Fsp3) is 0.125. The number of hydrogen-bond acceptors (Lipinski definition) is 3. The Balaban J connectivity index is 1.71. The van der Waals surface area contributed by atoms with Crippen LogP contribution in [0.1, 0.15) is 20.9 Å². The summed E-state index contributed by atoms with van der Waals surface area (Å²) in [5.41, 5.74) is 3.18. The SMILES string of the molecule is Cc1ccc(CNC(=O)c2nc3ccccc3s2)cc1. The molecule has 0 unspecified atom stereocenters. The first-order valence-electron chi connectivity index (χ1n) is 6.42. The molecule has 0 spiro atoms. The van der Waals surface area contributed by atoms with Gasteiger partial charge in [-0.15, -0.1) is 11.3 Å². The van der Waals surface area contributed by atoms with Crippen molar-refractivity contribution in [3.05, 3.63) is 64.7 Å². The maximum atomic E-state index is 12.1. The van der Waals surface area contributed by atoms with E-state index in [1.54, 1.807) is 0 Å². The smallest absolute Gasteiger partial charge is 0.280 e. The number of rotatable bonds is 3. The fourth-order valence-electron chi connectivity index (χ4n) is 1.93. The van der Waals surface area contributed by atoms with Crippen LogP contribution in [0.25, 0.3) is 10.2 Å². The summed E-state index contributed by atoms with van der Waals surface area (Å²) >= 11 is 1.42. The van der Waals surface area contributed by atoms with Crippen molar-refractivity contribution in [2.75, 3.05) is 0 Å². The third-order valence-corrected chi connectivity index (χ3v) is 4.10. The first-order chi connectivity index (χ1) is 9.72. The van der Waals surface area contributed by atoms with Crippen LogP contribution in [0.4, 0.5) is 0 Å². The van der Waals surface area contributed by atoms with E-state index in [0.29, 0.717) is 11.6 Å². The van der Waals surface area contributed by atoms with E-state index in [4.69, 9.17) is 0 Å². The van der Waals surface area contributed by atoms with E-state index in [1.165, 1.54) is 16.9 Å². The van der Waals surface area contributed by atoms with Gasteiger partial charge in [0.1, 0.15) is 0 Å². The van der Waals surface area contributed by atoms with Crippen LogP contribution in [0, 0.1) is 6.92 Å². The zero-order chi connectivity index (χ0) is 13.9. The van der Waals surface area contributed by atoms with Gasteiger partial charge in [0, 0.05) is 6.54 Å². The van der Waals surface area contributed by atoms with Crippen molar-refractivity contribution in [3.63, 3.8) is 0 Å². The Labute approximate surface area is 121 Å². The van der Waals surface area contributed by atoms with Gasteiger partial charge in [-0.25, -0.2) is 4.98 Å². The topological polar surface area (TPSA) is 42.0 Å². The first-order valence-corrected chi connectivity index (χ1v) is 7.23. The third-order valence-electron chi connectivity index (χ3n) is 3.06. The third kappa shape index (κ3) is 2.70. The molecule has 0 saturated carbocycles. The predicted molar refractivity (Wildman–Crippen MR) is 82.0 cm³/mol. The summed E-state index contributed by atoms with van der Waals surface area (Å²) in [6.07, 6.45) is 0. The first kappa shape index (κ1) is 12.8. The molecule has 0 saturated heterocycles. The highest BCUT2D eigenvalue weighted by atomic mass is 32.1. The lowest BCUT2D eigenvalue weighted by molar-refractivity contribution is 0.0951. The second-order valence-electron chi connectivity index (χ2n) is 4.66. The molecule has 4 heteroatoms. The number of benzene rings is 2. The summed E-state index contributed by atoms with van der Waals surface area (Å²) < 4.78 is 1.04. The van der Waals surface area contributed by atoms with E-state index in [9.17, 15) is 4.79 Å². The van der Waals surface area contributed by atoms with Gasteiger partial charge in [0.05, 0.1) is 10.2 Å². The summed E-state index contributed by atoms with van der Waals surface area (Å²) in [7, 11) is 0. The van der Waals surface area contributed by atoms with Gasteiger partial charge in [-0.2, -0.15) is 0 Å². The molecule has 100 valence electrons. The summed E-state index contributed by atoms with van der Waals surface area (Å²) in [6, 6.07) is 15.9. The minimum atomic E-state index is -0.119. The highest BCUT2D eigenvalue weighted by molar-refractivity contribution is 7.20. The Kier molecular flexibility index (Phi) is 3.48. The summed E-state index contributed by atoms with van der Waals surface area (Å²) in [4.78, 5) is 16.4. The number of carbonyl (C=O) groups is 1. The Bertz CT molecular complexity index is 714. The van der Waals surface area contributed by atoms with Crippen LogP contribution in [0.2, 0.25) is 0 Å². The molecule has 0 aliphatic rings. The van der Waals surface area contributed by atoms with Crippen LogP contribution in [-0.2, 0) is 6.54 Å². The molecule has 3 rings (SSSR count). The second-order valence-corrected chi connectivity index (χ2v) is 5.69. The van der Waals surface area contributed by atoms with Crippen LogP contribution in [-0.4, -0.2) is 10.9 Å². The largest absolute Gasteiger partial charge is 0.346 e. The molecule has 0 radical (unpaired) electrons. The van der Waals surface area contributed by atoms with Gasteiger partial charge in [-0.05, 0) is 24.6 Å². The molecule has 1 aromatic heterocycles.